The molecule has 2 nitrogen and oxygen atoms in total. The van der Waals surface area contributed by atoms with Gasteiger partial charge in [-0.3, -0.25) is 0 Å². The van der Waals surface area contributed by atoms with Gasteiger partial charge in [0.2, 0.25) is 0 Å². The SMILES string of the molecule is Cc1ccc(C=Cc2ccc(N(c3ccc(C)cc3)c3ccc4c5c(C(C)(C)C)ccc6c(N(c7ccc(C)cc7)c7ccc(C=Cc8ccc(C)cc8)cc7)ccc(c7c(C(C)(C)C)ccc3c47)c65)cc2)cc1. The maximum atomic E-state index is 2.46. The fraction of sp³-hybridized carbons (Fsp3) is 0.167. The van der Waals surface area contributed by atoms with Crippen molar-refractivity contribution in [1.29, 1.82) is 0 Å². The van der Waals surface area contributed by atoms with Gasteiger partial charge in [-0.1, -0.05) is 222 Å². The van der Waals surface area contributed by atoms with Gasteiger partial charge < -0.3 is 9.80 Å². The summed E-state index contributed by atoms with van der Waals surface area (Å²) >= 11 is 0. The summed E-state index contributed by atoms with van der Waals surface area (Å²) in [5.74, 6) is 0. The summed E-state index contributed by atoms with van der Waals surface area (Å²) in [6, 6.07) is 72.7. The van der Waals surface area contributed by atoms with E-state index in [0.717, 1.165) is 45.3 Å². The average molecular weight is 959 g/mol. The van der Waals surface area contributed by atoms with Crippen LogP contribution in [0.5, 0.6) is 0 Å². The lowest BCUT2D eigenvalue weighted by molar-refractivity contribution is 0.595. The van der Waals surface area contributed by atoms with Gasteiger partial charge in [-0.15, -0.1) is 0 Å². The Bertz CT molecular complexity index is 3620. The molecule has 0 amide bonds. The van der Waals surface area contributed by atoms with Crippen molar-refractivity contribution in [2.45, 2.75) is 80.1 Å². The molecule has 364 valence electrons. The summed E-state index contributed by atoms with van der Waals surface area (Å²) in [5.41, 5.74) is 18.9. The second kappa shape index (κ2) is 19.0. The first kappa shape index (κ1) is 48.1. The van der Waals surface area contributed by atoms with Crippen LogP contribution in [-0.4, -0.2) is 0 Å². The van der Waals surface area contributed by atoms with E-state index in [9.17, 15) is 0 Å². The molecular formula is C72H66N2. The Balaban J connectivity index is 1.14. The molecule has 74 heavy (non-hydrogen) atoms. The van der Waals surface area contributed by atoms with Gasteiger partial charge in [0, 0.05) is 33.5 Å². The van der Waals surface area contributed by atoms with Crippen molar-refractivity contribution in [2.24, 2.45) is 0 Å². The Hall–Kier alpha value is -8.20. The summed E-state index contributed by atoms with van der Waals surface area (Å²) < 4.78 is 0. The number of benzene rings is 11. The fourth-order valence-electron chi connectivity index (χ4n) is 10.9. The molecule has 0 aliphatic carbocycles. The highest BCUT2D eigenvalue weighted by molar-refractivity contribution is 6.37. The van der Waals surface area contributed by atoms with Gasteiger partial charge in [0.25, 0.3) is 0 Å². The Kier molecular flexibility index (Phi) is 12.4. The number of hydrogen-bond acceptors (Lipinski definition) is 2. The number of fused-ring (bicyclic) bond motifs is 2. The van der Waals surface area contributed by atoms with Gasteiger partial charge in [-0.25, -0.2) is 0 Å². The van der Waals surface area contributed by atoms with Crippen LogP contribution in [0.2, 0.25) is 0 Å². The lowest BCUT2D eigenvalue weighted by Gasteiger charge is -2.32. The zero-order chi connectivity index (χ0) is 51.5. The average Bonchev–Trinajstić information content (AvgIpc) is 3.39. The second-order valence-electron chi connectivity index (χ2n) is 22.6. The Morgan fingerprint density at radius 3 is 0.784 bits per heavy atom. The van der Waals surface area contributed by atoms with E-state index in [1.54, 1.807) is 0 Å². The van der Waals surface area contributed by atoms with Crippen molar-refractivity contribution >= 4 is 102 Å². The molecule has 0 saturated heterocycles. The van der Waals surface area contributed by atoms with Gasteiger partial charge in [-0.2, -0.15) is 0 Å². The zero-order valence-electron chi connectivity index (χ0n) is 44.7. The number of hydrogen-bond donors (Lipinski definition) is 0. The third-order valence-corrected chi connectivity index (χ3v) is 14.9. The Morgan fingerprint density at radius 1 is 0.257 bits per heavy atom. The van der Waals surface area contributed by atoms with E-state index in [1.807, 2.05) is 0 Å². The number of anilines is 6. The third-order valence-electron chi connectivity index (χ3n) is 14.9. The predicted octanol–water partition coefficient (Wildman–Crippen LogP) is 20.8. The highest BCUT2D eigenvalue weighted by atomic mass is 15.1. The minimum Gasteiger partial charge on any atom is -0.310 e. The maximum Gasteiger partial charge on any atom is 0.0540 e. The lowest BCUT2D eigenvalue weighted by Crippen LogP contribution is -2.15. The zero-order valence-corrected chi connectivity index (χ0v) is 44.7. The molecule has 0 atom stereocenters. The van der Waals surface area contributed by atoms with E-state index in [0.29, 0.717) is 0 Å². The molecule has 11 aromatic carbocycles. The van der Waals surface area contributed by atoms with Crippen LogP contribution in [-0.2, 0) is 10.8 Å². The predicted molar refractivity (Wildman–Crippen MR) is 324 cm³/mol. The highest BCUT2D eigenvalue weighted by Crippen LogP contribution is 2.53. The van der Waals surface area contributed by atoms with Crippen molar-refractivity contribution in [3.63, 3.8) is 0 Å². The molecule has 11 rings (SSSR count). The van der Waals surface area contributed by atoms with Crippen LogP contribution in [0.4, 0.5) is 34.1 Å². The largest absolute Gasteiger partial charge is 0.310 e. The molecule has 0 spiro atoms. The standard InChI is InChI=1S/C72H66N2/c1-47-11-19-51(20-12-47)23-25-53-27-35-57(36-28-53)73(55-31-15-49(3)16-32-55)65-45-41-61-67-59(65)39-43-63(71(5,6)7)69(67)62-42-46-66(60-40-44-64(72(8,9)10)70(61)68(60)62)74(56-33-17-50(4)18-34-56)58-37-29-54(30-38-58)26-24-52-21-13-48(2)14-22-52/h11-46H,1-10H3. The molecule has 0 fully saturated rings. The molecule has 0 saturated carbocycles. The molecule has 0 N–H and O–H groups in total. The Labute approximate surface area is 438 Å². The van der Waals surface area contributed by atoms with E-state index in [4.69, 9.17) is 0 Å². The summed E-state index contributed by atoms with van der Waals surface area (Å²) in [6.07, 6.45) is 8.81. The lowest BCUT2D eigenvalue weighted by atomic mass is 9.76. The summed E-state index contributed by atoms with van der Waals surface area (Å²) in [5, 5.41) is 10.3. The first-order chi connectivity index (χ1) is 35.6. The molecule has 0 aliphatic rings. The summed E-state index contributed by atoms with van der Waals surface area (Å²) in [6.45, 7) is 22.8. The Morgan fingerprint density at radius 2 is 0.500 bits per heavy atom. The second-order valence-corrected chi connectivity index (χ2v) is 22.6. The molecule has 2 heteroatoms. The van der Waals surface area contributed by atoms with Crippen LogP contribution in [0, 0.1) is 27.7 Å². The minimum absolute atomic E-state index is 0.136. The summed E-state index contributed by atoms with van der Waals surface area (Å²) in [4.78, 5) is 4.92. The number of aryl methyl sites for hydroxylation is 4. The molecule has 0 heterocycles. The van der Waals surface area contributed by atoms with Crippen molar-refractivity contribution < 1.29 is 0 Å². The molecule has 0 radical (unpaired) electrons. The van der Waals surface area contributed by atoms with Crippen molar-refractivity contribution in [3.05, 3.63) is 250 Å². The van der Waals surface area contributed by atoms with Crippen LogP contribution in [0.25, 0.3) is 67.4 Å². The minimum atomic E-state index is -0.136. The number of rotatable bonds is 10. The van der Waals surface area contributed by atoms with Crippen LogP contribution in [0.3, 0.4) is 0 Å². The van der Waals surface area contributed by atoms with E-state index in [2.05, 4.69) is 297 Å². The first-order valence-corrected chi connectivity index (χ1v) is 26.2. The van der Waals surface area contributed by atoms with Crippen LogP contribution >= 0.6 is 0 Å². The molecule has 11 aromatic rings. The van der Waals surface area contributed by atoms with Crippen molar-refractivity contribution in [3.8, 4) is 0 Å². The molecule has 0 unspecified atom stereocenters. The molecule has 0 bridgehead atoms. The van der Waals surface area contributed by atoms with Gasteiger partial charge in [0.1, 0.15) is 0 Å². The molecule has 0 aliphatic heterocycles. The maximum absolute atomic E-state index is 2.46. The van der Waals surface area contributed by atoms with Crippen LogP contribution < -0.4 is 9.80 Å². The van der Waals surface area contributed by atoms with E-state index < -0.39 is 0 Å². The number of nitrogens with zero attached hydrogens (tertiary/aromatic N) is 2. The smallest absolute Gasteiger partial charge is 0.0540 e. The third kappa shape index (κ3) is 9.15. The van der Waals surface area contributed by atoms with Gasteiger partial charge in [-0.05, 0) is 165 Å². The quantitative estimate of drug-likeness (QED) is 0.0766. The van der Waals surface area contributed by atoms with E-state index in [1.165, 1.54) is 87.6 Å². The van der Waals surface area contributed by atoms with E-state index >= 15 is 0 Å². The van der Waals surface area contributed by atoms with Crippen LogP contribution in [0.1, 0.15) is 97.2 Å². The monoisotopic (exact) mass is 959 g/mol. The highest BCUT2D eigenvalue weighted by Gasteiger charge is 2.29. The fourth-order valence-corrected chi connectivity index (χ4v) is 10.9. The molecule has 0 aromatic heterocycles. The van der Waals surface area contributed by atoms with Crippen molar-refractivity contribution in [2.75, 3.05) is 9.80 Å². The van der Waals surface area contributed by atoms with E-state index in [-0.39, 0.29) is 10.8 Å². The van der Waals surface area contributed by atoms with Crippen LogP contribution in [0.15, 0.2) is 194 Å². The van der Waals surface area contributed by atoms with Crippen molar-refractivity contribution in [1.82, 2.24) is 0 Å². The topological polar surface area (TPSA) is 6.48 Å². The molecular weight excluding hydrogens is 893 g/mol. The van der Waals surface area contributed by atoms with Gasteiger partial charge >= 0.3 is 0 Å². The normalized spacial score (nSPS) is 12.4. The first-order valence-electron chi connectivity index (χ1n) is 26.2. The van der Waals surface area contributed by atoms with Gasteiger partial charge in [0.15, 0.2) is 0 Å². The van der Waals surface area contributed by atoms with Gasteiger partial charge in [0.05, 0.1) is 11.4 Å². The summed E-state index contributed by atoms with van der Waals surface area (Å²) in [7, 11) is 0.